The van der Waals surface area contributed by atoms with E-state index >= 15 is 0 Å². The molecule has 19 heavy (non-hydrogen) atoms. The van der Waals surface area contributed by atoms with Gasteiger partial charge in [-0.15, -0.1) is 0 Å². The first-order chi connectivity index (χ1) is 9.22. The van der Waals surface area contributed by atoms with Crippen LogP contribution >= 0.6 is 11.8 Å². The van der Waals surface area contributed by atoms with Gasteiger partial charge in [-0.3, -0.25) is 9.80 Å². The van der Waals surface area contributed by atoms with Crippen molar-refractivity contribution in [3.63, 3.8) is 0 Å². The summed E-state index contributed by atoms with van der Waals surface area (Å²) in [4.78, 5) is 8.03. The van der Waals surface area contributed by atoms with Crippen LogP contribution < -0.4 is 0 Å². The second-order valence-corrected chi connectivity index (χ2v) is 8.00. The number of hydrogen-bond acceptors (Lipinski definition) is 4. The predicted molar refractivity (Wildman–Crippen MR) is 84.0 cm³/mol. The zero-order valence-electron chi connectivity index (χ0n) is 12.6. The summed E-state index contributed by atoms with van der Waals surface area (Å²) in [5.41, 5.74) is 0. The molecule has 0 saturated carbocycles. The molecule has 0 unspecified atom stereocenters. The number of likely N-dealkylation sites (tertiary alicyclic amines) is 1. The van der Waals surface area contributed by atoms with Crippen LogP contribution in [-0.2, 0) is 0 Å². The third-order valence-corrected chi connectivity index (χ3v) is 6.46. The standard InChI is InChI=1S/C15H29N3S/c1-13(2)17-8-6-16(7-9-17)4-3-5-18-11-15-10-14(18)12-19-15/h13-15H,3-12H2,1-2H3/t14-,15-/m0/s1. The molecule has 0 aromatic carbocycles. The Morgan fingerprint density at radius 1 is 1.11 bits per heavy atom. The van der Waals surface area contributed by atoms with E-state index in [4.69, 9.17) is 0 Å². The highest BCUT2D eigenvalue weighted by Crippen LogP contribution is 2.37. The summed E-state index contributed by atoms with van der Waals surface area (Å²) in [7, 11) is 0. The number of hydrogen-bond donors (Lipinski definition) is 0. The molecule has 3 fully saturated rings. The third-order valence-electron chi connectivity index (χ3n) is 5.07. The van der Waals surface area contributed by atoms with Crippen LogP contribution in [0.3, 0.4) is 0 Å². The van der Waals surface area contributed by atoms with Gasteiger partial charge in [0.15, 0.2) is 0 Å². The van der Waals surface area contributed by atoms with Gasteiger partial charge in [-0.2, -0.15) is 11.8 Å². The minimum absolute atomic E-state index is 0.722. The van der Waals surface area contributed by atoms with E-state index < -0.39 is 0 Å². The molecule has 3 aliphatic rings. The minimum Gasteiger partial charge on any atom is -0.301 e. The molecule has 0 aromatic heterocycles. The lowest BCUT2D eigenvalue weighted by atomic mass is 10.2. The fraction of sp³-hybridized carbons (Fsp3) is 1.00. The van der Waals surface area contributed by atoms with Gasteiger partial charge in [-0.25, -0.2) is 0 Å². The fourth-order valence-electron chi connectivity index (χ4n) is 3.75. The van der Waals surface area contributed by atoms with Crippen LogP contribution in [0.2, 0.25) is 0 Å². The van der Waals surface area contributed by atoms with E-state index in [1.165, 1.54) is 64.4 Å². The first-order valence-corrected chi connectivity index (χ1v) is 9.09. The monoisotopic (exact) mass is 283 g/mol. The number of rotatable bonds is 5. The van der Waals surface area contributed by atoms with Crippen molar-refractivity contribution in [2.45, 2.75) is 44.0 Å². The Morgan fingerprint density at radius 3 is 2.47 bits per heavy atom. The SMILES string of the molecule is CC(C)N1CCN(CCCN2C[C@@H]3C[C@H]2CS3)CC1. The molecule has 3 nitrogen and oxygen atoms in total. The maximum absolute atomic E-state index is 2.76. The molecular weight excluding hydrogens is 254 g/mol. The van der Waals surface area contributed by atoms with Crippen molar-refractivity contribution in [3.05, 3.63) is 0 Å². The smallest absolute Gasteiger partial charge is 0.0197 e. The lowest BCUT2D eigenvalue weighted by Crippen LogP contribution is -2.49. The molecule has 4 heteroatoms. The highest BCUT2D eigenvalue weighted by molar-refractivity contribution is 8.00. The summed E-state index contributed by atoms with van der Waals surface area (Å²) >= 11 is 2.20. The fourth-order valence-corrected chi connectivity index (χ4v) is 5.25. The first kappa shape index (κ1) is 14.2. The lowest BCUT2D eigenvalue weighted by Gasteiger charge is -2.37. The molecule has 0 radical (unpaired) electrons. The molecule has 110 valence electrons. The largest absolute Gasteiger partial charge is 0.301 e. The van der Waals surface area contributed by atoms with Crippen LogP contribution in [0.25, 0.3) is 0 Å². The molecule has 0 aromatic rings. The van der Waals surface area contributed by atoms with Crippen molar-refractivity contribution < 1.29 is 0 Å². The van der Waals surface area contributed by atoms with Crippen molar-refractivity contribution in [1.29, 1.82) is 0 Å². The van der Waals surface area contributed by atoms with Crippen molar-refractivity contribution in [2.24, 2.45) is 0 Å². The number of piperazine rings is 1. The Hall–Kier alpha value is 0.230. The summed E-state index contributed by atoms with van der Waals surface area (Å²) in [5, 5.41) is 0.972. The maximum atomic E-state index is 2.76. The molecule has 2 bridgehead atoms. The van der Waals surface area contributed by atoms with Crippen molar-refractivity contribution in [3.8, 4) is 0 Å². The lowest BCUT2D eigenvalue weighted by molar-refractivity contribution is 0.104. The number of thioether (sulfide) groups is 1. The van der Waals surface area contributed by atoms with E-state index in [1.807, 2.05) is 0 Å². The summed E-state index contributed by atoms with van der Waals surface area (Å²) in [6.45, 7) is 13.7. The van der Waals surface area contributed by atoms with Crippen molar-refractivity contribution in [2.75, 3.05) is 51.6 Å². The molecular formula is C15H29N3S. The Kier molecular flexibility index (Phi) is 4.73. The van der Waals surface area contributed by atoms with Crippen molar-refractivity contribution >= 4 is 11.8 Å². The summed E-state index contributed by atoms with van der Waals surface area (Å²) in [5.74, 6) is 1.40. The molecule has 3 aliphatic heterocycles. The second-order valence-electron chi connectivity index (χ2n) is 6.66. The van der Waals surface area contributed by atoms with E-state index in [2.05, 4.69) is 40.3 Å². The number of nitrogens with zero attached hydrogens (tertiary/aromatic N) is 3. The van der Waals surface area contributed by atoms with E-state index in [-0.39, 0.29) is 0 Å². The highest BCUT2D eigenvalue weighted by atomic mass is 32.2. The van der Waals surface area contributed by atoms with Crippen LogP contribution in [0.4, 0.5) is 0 Å². The molecule has 0 N–H and O–H groups in total. The molecule has 3 rings (SSSR count). The molecule has 2 atom stereocenters. The molecule has 3 saturated heterocycles. The molecule has 3 heterocycles. The Labute approximate surface area is 122 Å². The zero-order valence-corrected chi connectivity index (χ0v) is 13.4. The van der Waals surface area contributed by atoms with Gasteiger partial charge < -0.3 is 4.90 Å². The Bertz CT molecular complexity index is 289. The van der Waals surface area contributed by atoms with Crippen LogP contribution in [0.5, 0.6) is 0 Å². The van der Waals surface area contributed by atoms with Crippen LogP contribution in [0.15, 0.2) is 0 Å². The van der Waals surface area contributed by atoms with Gasteiger partial charge in [0.05, 0.1) is 0 Å². The first-order valence-electron chi connectivity index (χ1n) is 8.04. The van der Waals surface area contributed by atoms with Gasteiger partial charge in [-0.1, -0.05) is 0 Å². The number of fused-ring (bicyclic) bond motifs is 2. The molecule has 0 amide bonds. The minimum atomic E-state index is 0.722. The van der Waals surface area contributed by atoms with E-state index in [0.717, 1.165) is 17.3 Å². The van der Waals surface area contributed by atoms with Crippen LogP contribution in [0, 0.1) is 0 Å². The Morgan fingerprint density at radius 2 is 1.89 bits per heavy atom. The average molecular weight is 283 g/mol. The van der Waals surface area contributed by atoms with Crippen molar-refractivity contribution in [1.82, 2.24) is 14.7 Å². The van der Waals surface area contributed by atoms with Gasteiger partial charge in [0.2, 0.25) is 0 Å². The van der Waals surface area contributed by atoms with Gasteiger partial charge in [-0.05, 0) is 39.8 Å². The topological polar surface area (TPSA) is 9.72 Å². The molecule has 0 aliphatic carbocycles. The summed E-state index contributed by atoms with van der Waals surface area (Å²) < 4.78 is 0. The van der Waals surface area contributed by atoms with Crippen LogP contribution in [0.1, 0.15) is 26.7 Å². The van der Waals surface area contributed by atoms with Gasteiger partial charge >= 0.3 is 0 Å². The van der Waals surface area contributed by atoms with Gasteiger partial charge in [0.1, 0.15) is 0 Å². The Balaban J connectivity index is 1.31. The zero-order chi connectivity index (χ0) is 13.2. The summed E-state index contributed by atoms with van der Waals surface area (Å²) in [6, 6.07) is 1.65. The van der Waals surface area contributed by atoms with E-state index in [9.17, 15) is 0 Å². The second kappa shape index (κ2) is 6.33. The normalized spacial score (nSPS) is 33.6. The average Bonchev–Trinajstić information content (AvgIpc) is 3.02. The highest BCUT2D eigenvalue weighted by Gasteiger charge is 2.37. The van der Waals surface area contributed by atoms with E-state index in [0.29, 0.717) is 0 Å². The van der Waals surface area contributed by atoms with Crippen LogP contribution in [-0.4, -0.2) is 83.6 Å². The quantitative estimate of drug-likeness (QED) is 0.758. The van der Waals surface area contributed by atoms with E-state index in [1.54, 1.807) is 0 Å². The third kappa shape index (κ3) is 3.46. The summed E-state index contributed by atoms with van der Waals surface area (Å²) in [6.07, 6.45) is 2.84. The maximum Gasteiger partial charge on any atom is 0.0197 e. The van der Waals surface area contributed by atoms with Gasteiger partial charge in [0.25, 0.3) is 0 Å². The van der Waals surface area contributed by atoms with Gasteiger partial charge in [0, 0.05) is 55.8 Å². The predicted octanol–water partition coefficient (Wildman–Crippen LogP) is 1.59. The molecule has 0 spiro atoms.